The summed E-state index contributed by atoms with van der Waals surface area (Å²) in [7, 11) is 1.90. The van der Waals surface area contributed by atoms with E-state index in [4.69, 9.17) is 0 Å². The molecular weight excluding hydrogens is 202 g/mol. The summed E-state index contributed by atoms with van der Waals surface area (Å²) in [4.78, 5) is 0. The third kappa shape index (κ3) is 1.74. The van der Waals surface area contributed by atoms with E-state index in [1.54, 1.807) is 12.1 Å². The second-order valence-electron chi connectivity index (χ2n) is 3.81. The first-order valence-corrected chi connectivity index (χ1v) is 5.15. The first-order valence-electron chi connectivity index (χ1n) is 5.15. The van der Waals surface area contributed by atoms with Crippen LogP contribution in [0.1, 0.15) is 11.4 Å². The first kappa shape index (κ1) is 10.5. The molecule has 0 unspecified atom stereocenters. The van der Waals surface area contributed by atoms with E-state index in [1.807, 2.05) is 37.7 Å². The van der Waals surface area contributed by atoms with E-state index in [1.165, 1.54) is 0 Å². The molecule has 0 fully saturated rings. The Bertz CT molecular complexity index is 517. The lowest BCUT2D eigenvalue weighted by Crippen LogP contribution is -1.95. The Labute approximate surface area is 94.5 Å². The van der Waals surface area contributed by atoms with Crippen LogP contribution in [0.25, 0.3) is 0 Å². The number of nitrogens with zero attached hydrogens (tertiary/aromatic N) is 2. The van der Waals surface area contributed by atoms with Gasteiger partial charge in [0.05, 0.1) is 22.8 Å². The Balaban J connectivity index is 2.38. The maximum atomic E-state index is 9.67. The second kappa shape index (κ2) is 3.89. The molecule has 84 valence electrons. The quantitative estimate of drug-likeness (QED) is 0.760. The molecule has 0 aliphatic carbocycles. The molecule has 1 heterocycles. The van der Waals surface area contributed by atoms with Gasteiger partial charge in [-0.3, -0.25) is 4.68 Å². The predicted molar refractivity (Wildman–Crippen MR) is 64.1 cm³/mol. The van der Waals surface area contributed by atoms with Crippen LogP contribution in [-0.2, 0) is 7.05 Å². The van der Waals surface area contributed by atoms with Crippen molar-refractivity contribution in [1.29, 1.82) is 0 Å². The van der Waals surface area contributed by atoms with E-state index in [2.05, 4.69) is 10.4 Å². The summed E-state index contributed by atoms with van der Waals surface area (Å²) in [6.45, 7) is 3.93. The number of hydrogen-bond donors (Lipinski definition) is 2. The van der Waals surface area contributed by atoms with Gasteiger partial charge in [-0.15, -0.1) is 0 Å². The van der Waals surface area contributed by atoms with Crippen LogP contribution in [0.2, 0.25) is 0 Å². The highest BCUT2D eigenvalue weighted by Gasteiger charge is 2.10. The van der Waals surface area contributed by atoms with Gasteiger partial charge in [-0.25, -0.2) is 0 Å². The minimum Gasteiger partial charge on any atom is -0.506 e. The van der Waals surface area contributed by atoms with Gasteiger partial charge in [0.1, 0.15) is 5.75 Å². The fraction of sp³-hybridized carbons (Fsp3) is 0.250. The number of hydrogen-bond acceptors (Lipinski definition) is 3. The molecule has 0 amide bonds. The molecule has 0 radical (unpaired) electrons. The molecule has 16 heavy (non-hydrogen) atoms. The molecule has 0 saturated carbocycles. The van der Waals surface area contributed by atoms with Gasteiger partial charge in [0.25, 0.3) is 0 Å². The number of phenols is 1. The number of aromatic hydroxyl groups is 1. The fourth-order valence-corrected chi connectivity index (χ4v) is 1.67. The van der Waals surface area contributed by atoms with Crippen molar-refractivity contribution in [3.63, 3.8) is 0 Å². The second-order valence-corrected chi connectivity index (χ2v) is 3.81. The molecule has 4 heteroatoms. The summed E-state index contributed by atoms with van der Waals surface area (Å²) in [6.07, 6.45) is 0. The Morgan fingerprint density at radius 2 is 1.94 bits per heavy atom. The Morgan fingerprint density at radius 3 is 2.50 bits per heavy atom. The van der Waals surface area contributed by atoms with E-state index in [0.717, 1.165) is 17.1 Å². The molecule has 0 aliphatic heterocycles. The van der Waals surface area contributed by atoms with Crippen molar-refractivity contribution >= 4 is 11.4 Å². The van der Waals surface area contributed by atoms with E-state index in [-0.39, 0.29) is 5.75 Å². The zero-order valence-corrected chi connectivity index (χ0v) is 9.65. The Kier molecular flexibility index (Phi) is 2.56. The van der Waals surface area contributed by atoms with Crippen LogP contribution in [-0.4, -0.2) is 14.9 Å². The van der Waals surface area contributed by atoms with Gasteiger partial charge in [-0.05, 0) is 26.0 Å². The zero-order chi connectivity index (χ0) is 11.7. The number of aromatic nitrogens is 2. The normalized spacial score (nSPS) is 10.4. The number of phenolic OH excluding ortho intramolecular Hbond substituents is 1. The summed E-state index contributed by atoms with van der Waals surface area (Å²) in [5.41, 5.74) is 3.61. The molecule has 0 atom stereocenters. The van der Waals surface area contributed by atoms with Crippen molar-refractivity contribution < 1.29 is 5.11 Å². The number of para-hydroxylation sites is 2. The number of anilines is 2. The molecule has 2 N–H and O–H groups in total. The first-order chi connectivity index (χ1) is 7.59. The van der Waals surface area contributed by atoms with Crippen molar-refractivity contribution in [2.24, 2.45) is 7.05 Å². The van der Waals surface area contributed by atoms with Crippen molar-refractivity contribution in [1.82, 2.24) is 9.78 Å². The lowest BCUT2D eigenvalue weighted by atomic mass is 10.2. The maximum Gasteiger partial charge on any atom is 0.139 e. The number of aryl methyl sites for hydroxylation is 2. The summed E-state index contributed by atoms with van der Waals surface area (Å²) >= 11 is 0. The molecule has 1 aromatic carbocycles. The molecular formula is C12H15N3O. The highest BCUT2D eigenvalue weighted by atomic mass is 16.3. The van der Waals surface area contributed by atoms with Crippen LogP contribution in [0.5, 0.6) is 5.75 Å². The van der Waals surface area contributed by atoms with Gasteiger partial charge in [0.15, 0.2) is 0 Å². The Hall–Kier alpha value is -1.97. The SMILES string of the molecule is Cc1nn(C)c(C)c1Nc1ccccc1O. The van der Waals surface area contributed by atoms with E-state index in [9.17, 15) is 5.11 Å². The standard InChI is InChI=1S/C12H15N3O/c1-8-12(9(2)15(3)14-8)13-10-6-4-5-7-11(10)16/h4-7,13,16H,1-3H3. The van der Waals surface area contributed by atoms with Gasteiger partial charge in [0, 0.05) is 7.05 Å². The molecule has 0 saturated heterocycles. The molecule has 0 aliphatic rings. The minimum atomic E-state index is 0.241. The highest BCUT2D eigenvalue weighted by molar-refractivity contribution is 5.68. The van der Waals surface area contributed by atoms with Gasteiger partial charge < -0.3 is 10.4 Å². The Morgan fingerprint density at radius 1 is 1.25 bits per heavy atom. The van der Waals surface area contributed by atoms with Crippen molar-refractivity contribution in [2.75, 3.05) is 5.32 Å². The molecule has 0 bridgehead atoms. The number of benzene rings is 1. The fourth-order valence-electron chi connectivity index (χ4n) is 1.67. The maximum absolute atomic E-state index is 9.67. The van der Waals surface area contributed by atoms with Crippen LogP contribution in [0.3, 0.4) is 0 Å². The lowest BCUT2D eigenvalue weighted by Gasteiger charge is -2.08. The van der Waals surface area contributed by atoms with Crippen LogP contribution < -0.4 is 5.32 Å². The van der Waals surface area contributed by atoms with Crippen molar-refractivity contribution in [3.05, 3.63) is 35.7 Å². The number of nitrogens with one attached hydrogen (secondary N) is 1. The van der Waals surface area contributed by atoms with E-state index in [0.29, 0.717) is 5.69 Å². The van der Waals surface area contributed by atoms with Crippen LogP contribution in [0, 0.1) is 13.8 Å². The average Bonchev–Trinajstić information content (AvgIpc) is 2.48. The third-order valence-electron chi connectivity index (χ3n) is 2.67. The molecule has 0 spiro atoms. The van der Waals surface area contributed by atoms with Gasteiger partial charge in [-0.1, -0.05) is 12.1 Å². The van der Waals surface area contributed by atoms with Crippen molar-refractivity contribution in [2.45, 2.75) is 13.8 Å². The van der Waals surface area contributed by atoms with E-state index < -0.39 is 0 Å². The van der Waals surface area contributed by atoms with Crippen LogP contribution in [0.15, 0.2) is 24.3 Å². The highest BCUT2D eigenvalue weighted by Crippen LogP contribution is 2.29. The monoisotopic (exact) mass is 217 g/mol. The third-order valence-corrected chi connectivity index (χ3v) is 2.67. The smallest absolute Gasteiger partial charge is 0.139 e. The van der Waals surface area contributed by atoms with Crippen LogP contribution in [0.4, 0.5) is 11.4 Å². The molecule has 4 nitrogen and oxygen atoms in total. The largest absolute Gasteiger partial charge is 0.506 e. The summed E-state index contributed by atoms with van der Waals surface area (Å²) in [5, 5.41) is 17.2. The van der Waals surface area contributed by atoms with E-state index >= 15 is 0 Å². The average molecular weight is 217 g/mol. The molecule has 2 aromatic rings. The molecule has 1 aromatic heterocycles. The van der Waals surface area contributed by atoms with Gasteiger partial charge in [-0.2, -0.15) is 5.10 Å². The zero-order valence-electron chi connectivity index (χ0n) is 9.65. The van der Waals surface area contributed by atoms with Gasteiger partial charge in [0.2, 0.25) is 0 Å². The topological polar surface area (TPSA) is 50.1 Å². The minimum absolute atomic E-state index is 0.241. The predicted octanol–water partition coefficient (Wildman–Crippen LogP) is 2.49. The lowest BCUT2D eigenvalue weighted by molar-refractivity contribution is 0.478. The summed E-state index contributed by atoms with van der Waals surface area (Å²) in [5.74, 6) is 0.241. The summed E-state index contributed by atoms with van der Waals surface area (Å²) < 4.78 is 1.82. The van der Waals surface area contributed by atoms with Crippen LogP contribution >= 0.6 is 0 Å². The molecule has 2 rings (SSSR count). The number of rotatable bonds is 2. The van der Waals surface area contributed by atoms with Gasteiger partial charge >= 0.3 is 0 Å². The summed E-state index contributed by atoms with van der Waals surface area (Å²) in [6, 6.07) is 7.16. The van der Waals surface area contributed by atoms with Crippen molar-refractivity contribution in [3.8, 4) is 5.75 Å².